The summed E-state index contributed by atoms with van der Waals surface area (Å²) in [4.78, 5) is 17.8. The number of nitrogens with two attached hydrogens (primary N) is 1. The molecule has 4 nitrogen and oxygen atoms in total. The summed E-state index contributed by atoms with van der Waals surface area (Å²) in [6.07, 6.45) is 3.20. The van der Waals surface area contributed by atoms with Crippen molar-refractivity contribution in [3.63, 3.8) is 0 Å². The van der Waals surface area contributed by atoms with Crippen molar-refractivity contribution in [3.8, 4) is 0 Å². The van der Waals surface area contributed by atoms with Crippen LogP contribution in [0.3, 0.4) is 0 Å². The molecule has 1 aliphatic rings. The number of pyridine rings is 1. The van der Waals surface area contributed by atoms with Crippen molar-refractivity contribution in [3.05, 3.63) is 22.2 Å². The molecule has 2 aromatic rings. The number of carbonyl (C=O) groups is 1. The summed E-state index contributed by atoms with van der Waals surface area (Å²) in [5, 5.41) is 0.888. The number of nitrogen functional groups attached to an aromatic ring is 1. The number of rotatable bonds is 1. The highest BCUT2D eigenvalue weighted by Crippen LogP contribution is 2.40. The molecule has 0 aromatic carbocycles. The SMILES string of the molecule is COC(=O)c1sc2nc3c(cc2c1N)C[C@@H](C(C)(C)C)CC3. The highest BCUT2D eigenvalue weighted by molar-refractivity contribution is 7.21. The summed E-state index contributed by atoms with van der Waals surface area (Å²) in [5.74, 6) is 0.269. The first-order valence-electron chi connectivity index (χ1n) is 7.60. The van der Waals surface area contributed by atoms with E-state index in [1.807, 2.05) is 0 Å². The van der Waals surface area contributed by atoms with Crippen LogP contribution in [0.4, 0.5) is 5.69 Å². The summed E-state index contributed by atoms with van der Waals surface area (Å²) in [6, 6.07) is 2.13. The molecule has 1 aliphatic carbocycles. The van der Waals surface area contributed by atoms with E-state index in [9.17, 15) is 4.79 Å². The molecule has 0 amide bonds. The van der Waals surface area contributed by atoms with Crippen LogP contribution in [0.25, 0.3) is 10.2 Å². The molecule has 0 saturated heterocycles. The van der Waals surface area contributed by atoms with Crippen LogP contribution in [0.5, 0.6) is 0 Å². The summed E-state index contributed by atoms with van der Waals surface area (Å²) in [5.41, 5.74) is 9.37. The van der Waals surface area contributed by atoms with Crippen LogP contribution >= 0.6 is 11.3 Å². The number of aromatic nitrogens is 1. The van der Waals surface area contributed by atoms with Gasteiger partial charge in [-0.15, -0.1) is 11.3 Å². The van der Waals surface area contributed by atoms with E-state index in [0.29, 0.717) is 21.9 Å². The molecule has 2 heterocycles. The van der Waals surface area contributed by atoms with Gasteiger partial charge in [0.15, 0.2) is 0 Å². The highest BCUT2D eigenvalue weighted by atomic mass is 32.1. The number of carbonyl (C=O) groups excluding carboxylic acids is 1. The number of hydrogen-bond acceptors (Lipinski definition) is 5. The van der Waals surface area contributed by atoms with Gasteiger partial charge in [0, 0.05) is 11.1 Å². The van der Waals surface area contributed by atoms with Gasteiger partial charge in [0.25, 0.3) is 0 Å². The first-order valence-corrected chi connectivity index (χ1v) is 8.42. The lowest BCUT2D eigenvalue weighted by Crippen LogP contribution is -2.27. The number of ether oxygens (including phenoxy) is 1. The molecule has 118 valence electrons. The summed E-state index contributed by atoms with van der Waals surface area (Å²) in [6.45, 7) is 6.88. The molecular weight excluding hydrogens is 296 g/mol. The number of anilines is 1. The van der Waals surface area contributed by atoms with Crippen molar-refractivity contribution in [2.75, 3.05) is 12.8 Å². The number of hydrogen-bond donors (Lipinski definition) is 1. The maximum atomic E-state index is 11.8. The lowest BCUT2D eigenvalue weighted by Gasteiger charge is -2.34. The van der Waals surface area contributed by atoms with E-state index in [0.717, 1.165) is 28.8 Å². The molecule has 0 spiro atoms. The fourth-order valence-corrected chi connectivity index (χ4v) is 4.19. The van der Waals surface area contributed by atoms with Crippen LogP contribution in [0.2, 0.25) is 0 Å². The largest absolute Gasteiger partial charge is 0.465 e. The molecule has 5 heteroatoms. The smallest absolute Gasteiger partial charge is 0.350 e. The lowest BCUT2D eigenvalue weighted by atomic mass is 9.71. The number of fused-ring (bicyclic) bond motifs is 2. The number of methoxy groups -OCH3 is 1. The Hall–Kier alpha value is -1.62. The molecule has 22 heavy (non-hydrogen) atoms. The van der Waals surface area contributed by atoms with Crippen molar-refractivity contribution in [2.45, 2.75) is 40.0 Å². The highest BCUT2D eigenvalue weighted by Gasteiger charge is 2.30. The normalized spacial score (nSPS) is 18.3. The van der Waals surface area contributed by atoms with Crippen LogP contribution < -0.4 is 5.73 Å². The predicted octanol–water partition coefficient (Wildman–Crippen LogP) is 3.82. The second kappa shape index (κ2) is 5.23. The molecule has 0 saturated carbocycles. The third-order valence-corrected chi connectivity index (χ3v) is 5.78. The molecular formula is C17H22N2O2S. The van der Waals surface area contributed by atoms with Gasteiger partial charge in [-0.3, -0.25) is 0 Å². The monoisotopic (exact) mass is 318 g/mol. The van der Waals surface area contributed by atoms with Crippen LogP contribution in [-0.4, -0.2) is 18.1 Å². The molecule has 2 aromatic heterocycles. The van der Waals surface area contributed by atoms with Crippen molar-refractivity contribution in [1.29, 1.82) is 0 Å². The van der Waals surface area contributed by atoms with Gasteiger partial charge in [-0.1, -0.05) is 20.8 Å². The number of esters is 1. The maximum Gasteiger partial charge on any atom is 0.350 e. The van der Waals surface area contributed by atoms with Gasteiger partial charge < -0.3 is 10.5 Å². The lowest BCUT2D eigenvalue weighted by molar-refractivity contribution is 0.0607. The second-order valence-corrected chi connectivity index (χ2v) is 8.09. The first-order chi connectivity index (χ1) is 10.3. The van der Waals surface area contributed by atoms with Gasteiger partial charge >= 0.3 is 5.97 Å². The molecule has 2 N–H and O–H groups in total. The first kappa shape index (κ1) is 15.3. The zero-order valence-electron chi connectivity index (χ0n) is 13.5. The minimum absolute atomic E-state index is 0.296. The van der Waals surface area contributed by atoms with Crippen molar-refractivity contribution < 1.29 is 9.53 Å². The Kier molecular flexibility index (Phi) is 3.63. The Bertz CT molecular complexity index is 743. The maximum absolute atomic E-state index is 11.8. The van der Waals surface area contributed by atoms with Crippen LogP contribution in [0.15, 0.2) is 6.07 Å². The van der Waals surface area contributed by atoms with E-state index in [2.05, 4.69) is 26.8 Å². The summed E-state index contributed by atoms with van der Waals surface area (Å²) in [7, 11) is 1.37. The number of thiophene rings is 1. The molecule has 0 bridgehead atoms. The fourth-order valence-electron chi connectivity index (χ4n) is 3.17. The molecule has 0 radical (unpaired) electrons. The Labute approximate surface area is 134 Å². The average molecular weight is 318 g/mol. The van der Waals surface area contributed by atoms with Gasteiger partial charge in [-0.2, -0.15) is 0 Å². The fraction of sp³-hybridized carbons (Fsp3) is 0.529. The predicted molar refractivity (Wildman–Crippen MR) is 90.3 cm³/mol. The van der Waals surface area contributed by atoms with E-state index in [-0.39, 0.29) is 5.97 Å². The average Bonchev–Trinajstić information content (AvgIpc) is 2.79. The van der Waals surface area contributed by atoms with Gasteiger partial charge in [-0.05, 0) is 42.2 Å². The third-order valence-electron chi connectivity index (χ3n) is 4.68. The molecule has 1 atom stereocenters. The zero-order chi connectivity index (χ0) is 16.1. The van der Waals surface area contributed by atoms with Crippen LogP contribution in [-0.2, 0) is 17.6 Å². The van der Waals surface area contributed by atoms with E-state index in [1.54, 1.807) is 0 Å². The third kappa shape index (κ3) is 2.47. The van der Waals surface area contributed by atoms with Crippen LogP contribution in [0, 0.1) is 11.3 Å². The molecule has 0 fully saturated rings. The van der Waals surface area contributed by atoms with E-state index < -0.39 is 0 Å². The van der Waals surface area contributed by atoms with Crippen molar-refractivity contribution in [2.24, 2.45) is 11.3 Å². The van der Waals surface area contributed by atoms with Crippen molar-refractivity contribution in [1.82, 2.24) is 4.98 Å². The Morgan fingerprint density at radius 3 is 2.82 bits per heavy atom. The Balaban J connectivity index is 2.06. The minimum Gasteiger partial charge on any atom is -0.465 e. The van der Waals surface area contributed by atoms with E-state index in [4.69, 9.17) is 15.5 Å². The van der Waals surface area contributed by atoms with Gasteiger partial charge in [0.05, 0.1) is 12.8 Å². The summed E-state index contributed by atoms with van der Waals surface area (Å²) >= 11 is 1.33. The Morgan fingerprint density at radius 2 is 2.18 bits per heavy atom. The standard InChI is InChI=1S/C17H22N2O2S/c1-17(2,3)10-5-6-12-9(7-10)8-11-13(18)14(16(20)21-4)22-15(11)19-12/h8,10H,5-7,18H2,1-4H3/t10-/m0/s1. The number of aryl methyl sites for hydroxylation is 1. The topological polar surface area (TPSA) is 65.2 Å². The van der Waals surface area contributed by atoms with E-state index in [1.165, 1.54) is 30.4 Å². The quantitative estimate of drug-likeness (QED) is 0.812. The van der Waals surface area contributed by atoms with E-state index >= 15 is 0 Å². The Morgan fingerprint density at radius 1 is 1.45 bits per heavy atom. The van der Waals surface area contributed by atoms with Gasteiger partial charge in [-0.25, -0.2) is 9.78 Å². The summed E-state index contributed by atoms with van der Waals surface area (Å²) < 4.78 is 4.80. The number of nitrogens with zero attached hydrogens (tertiary/aromatic N) is 1. The minimum atomic E-state index is -0.383. The van der Waals surface area contributed by atoms with Crippen LogP contribution in [0.1, 0.15) is 48.1 Å². The van der Waals surface area contributed by atoms with Gasteiger partial charge in [0.2, 0.25) is 0 Å². The zero-order valence-corrected chi connectivity index (χ0v) is 14.3. The molecule has 3 rings (SSSR count). The van der Waals surface area contributed by atoms with Gasteiger partial charge in [0.1, 0.15) is 9.71 Å². The molecule has 0 unspecified atom stereocenters. The second-order valence-electron chi connectivity index (χ2n) is 7.09. The van der Waals surface area contributed by atoms with Crippen molar-refractivity contribution >= 4 is 33.2 Å². The molecule has 0 aliphatic heterocycles.